The fourth-order valence-electron chi connectivity index (χ4n) is 4.01. The number of hydrogen-bond acceptors (Lipinski definition) is 6. The highest BCUT2D eigenvalue weighted by Gasteiger charge is 2.43. The van der Waals surface area contributed by atoms with E-state index in [1.54, 1.807) is 0 Å². The molecule has 4 heterocycles. The van der Waals surface area contributed by atoms with Gasteiger partial charge in [0.25, 0.3) is 0 Å². The molecule has 1 aromatic rings. The van der Waals surface area contributed by atoms with Crippen molar-refractivity contribution in [2.75, 3.05) is 51.2 Å². The number of anilines is 1. The van der Waals surface area contributed by atoms with Crippen LogP contribution in [0, 0.1) is 11.7 Å². The molecule has 0 N–H and O–H groups in total. The first-order valence-electron chi connectivity index (χ1n) is 8.93. The Morgan fingerprint density at radius 1 is 1.24 bits per heavy atom. The fourth-order valence-corrected chi connectivity index (χ4v) is 4.01. The Morgan fingerprint density at radius 2 is 1.96 bits per heavy atom. The summed E-state index contributed by atoms with van der Waals surface area (Å²) in [6.45, 7) is 5.00. The Morgan fingerprint density at radius 3 is 2.64 bits per heavy atom. The summed E-state index contributed by atoms with van der Waals surface area (Å²) in [5, 5.41) is 0. The second kappa shape index (κ2) is 6.84. The first-order valence-corrected chi connectivity index (χ1v) is 8.93. The molecule has 0 unspecified atom stereocenters. The number of ether oxygens (including phenoxy) is 1. The third-order valence-electron chi connectivity index (χ3n) is 5.46. The van der Waals surface area contributed by atoms with Crippen molar-refractivity contribution in [3.8, 4) is 0 Å². The maximum absolute atomic E-state index is 12.9. The Labute approximate surface area is 146 Å². The smallest absolute Gasteiger partial charge is 0.225 e. The molecule has 0 aliphatic carbocycles. The largest absolute Gasteiger partial charge is 0.372 e. The molecule has 3 fully saturated rings. The Hall–Kier alpha value is -1.80. The van der Waals surface area contributed by atoms with Crippen LogP contribution < -0.4 is 4.90 Å². The van der Waals surface area contributed by atoms with Gasteiger partial charge in [-0.15, -0.1) is 0 Å². The second-order valence-corrected chi connectivity index (χ2v) is 7.29. The molecule has 3 aliphatic rings. The van der Waals surface area contributed by atoms with Gasteiger partial charge in [0, 0.05) is 45.2 Å². The van der Waals surface area contributed by atoms with Crippen molar-refractivity contribution in [1.29, 1.82) is 0 Å². The van der Waals surface area contributed by atoms with E-state index < -0.39 is 5.82 Å². The zero-order valence-electron chi connectivity index (χ0n) is 14.5. The van der Waals surface area contributed by atoms with Crippen LogP contribution in [0.1, 0.15) is 12.8 Å². The van der Waals surface area contributed by atoms with Gasteiger partial charge in [0.2, 0.25) is 11.9 Å². The normalized spacial score (nSPS) is 29.9. The standard InChI is InChI=1S/C17H24FN5O2/c1-21-2-4-22(5-3-21)16(24)7-14-6-12-10-23(11-15(12)25-14)17-19-8-13(18)9-20-17/h8-9,12,14-15H,2-7,10-11H2,1H3/t12-,14+,15+/m1/s1. The summed E-state index contributed by atoms with van der Waals surface area (Å²) in [5.74, 6) is 0.710. The average Bonchev–Trinajstić information content (AvgIpc) is 3.14. The van der Waals surface area contributed by atoms with Gasteiger partial charge in [0.15, 0.2) is 5.82 Å². The first kappa shape index (κ1) is 16.7. The number of carbonyl (C=O) groups excluding carboxylic acids is 1. The van der Waals surface area contributed by atoms with E-state index in [0.717, 1.165) is 39.1 Å². The SMILES string of the molecule is CN1CCN(C(=O)C[C@@H]2C[C@@H]3CN(c4ncc(F)cn4)C[C@@H]3O2)CC1. The highest BCUT2D eigenvalue weighted by Crippen LogP contribution is 2.35. The van der Waals surface area contributed by atoms with Crippen LogP contribution in [0.4, 0.5) is 10.3 Å². The van der Waals surface area contributed by atoms with Gasteiger partial charge in [-0.2, -0.15) is 0 Å². The summed E-state index contributed by atoms with van der Waals surface area (Å²) in [4.78, 5) is 26.8. The molecule has 0 spiro atoms. The van der Waals surface area contributed by atoms with E-state index >= 15 is 0 Å². The summed E-state index contributed by atoms with van der Waals surface area (Å²) in [5.41, 5.74) is 0. The Kier molecular flexibility index (Phi) is 4.56. The van der Waals surface area contributed by atoms with E-state index in [2.05, 4.69) is 21.9 Å². The highest BCUT2D eigenvalue weighted by molar-refractivity contribution is 5.76. The molecule has 1 aromatic heterocycles. The first-order chi connectivity index (χ1) is 12.1. The molecular formula is C17H24FN5O2. The van der Waals surface area contributed by atoms with Crippen molar-refractivity contribution in [2.45, 2.75) is 25.0 Å². The summed E-state index contributed by atoms with van der Waals surface area (Å²) in [6.07, 6.45) is 3.87. The summed E-state index contributed by atoms with van der Waals surface area (Å²) in [6, 6.07) is 0. The van der Waals surface area contributed by atoms with E-state index in [-0.39, 0.29) is 18.1 Å². The molecule has 136 valence electrons. The predicted octanol–water partition coefficient (Wildman–Crippen LogP) is 0.373. The van der Waals surface area contributed by atoms with Crippen LogP contribution in [0.5, 0.6) is 0 Å². The maximum Gasteiger partial charge on any atom is 0.225 e. The lowest BCUT2D eigenvalue weighted by molar-refractivity contribution is -0.135. The predicted molar refractivity (Wildman–Crippen MR) is 89.7 cm³/mol. The van der Waals surface area contributed by atoms with Gasteiger partial charge < -0.3 is 19.4 Å². The van der Waals surface area contributed by atoms with Crippen molar-refractivity contribution in [3.63, 3.8) is 0 Å². The quantitative estimate of drug-likeness (QED) is 0.786. The van der Waals surface area contributed by atoms with Gasteiger partial charge in [0.05, 0.1) is 31.0 Å². The lowest BCUT2D eigenvalue weighted by Gasteiger charge is -2.33. The van der Waals surface area contributed by atoms with Crippen molar-refractivity contribution in [1.82, 2.24) is 19.8 Å². The van der Waals surface area contributed by atoms with E-state index in [0.29, 0.717) is 24.8 Å². The number of nitrogens with zero attached hydrogens (tertiary/aromatic N) is 5. The summed E-state index contributed by atoms with van der Waals surface area (Å²) < 4.78 is 19.1. The van der Waals surface area contributed by atoms with Crippen LogP contribution in [0.15, 0.2) is 12.4 Å². The minimum atomic E-state index is -0.429. The zero-order chi connectivity index (χ0) is 17.4. The Balaban J connectivity index is 1.28. The highest BCUT2D eigenvalue weighted by atomic mass is 19.1. The van der Waals surface area contributed by atoms with Crippen LogP contribution in [-0.4, -0.2) is 84.2 Å². The molecule has 0 saturated carbocycles. The molecule has 3 atom stereocenters. The summed E-state index contributed by atoms with van der Waals surface area (Å²) >= 11 is 0. The van der Waals surface area contributed by atoms with Crippen molar-refractivity contribution in [2.24, 2.45) is 5.92 Å². The number of piperazine rings is 1. The minimum Gasteiger partial charge on any atom is -0.372 e. The van der Waals surface area contributed by atoms with Crippen molar-refractivity contribution in [3.05, 3.63) is 18.2 Å². The number of aromatic nitrogens is 2. The van der Waals surface area contributed by atoms with Gasteiger partial charge in [-0.25, -0.2) is 14.4 Å². The van der Waals surface area contributed by atoms with E-state index in [4.69, 9.17) is 4.74 Å². The van der Waals surface area contributed by atoms with Gasteiger partial charge >= 0.3 is 0 Å². The molecule has 1 amide bonds. The topological polar surface area (TPSA) is 61.8 Å². The zero-order valence-corrected chi connectivity index (χ0v) is 14.5. The van der Waals surface area contributed by atoms with E-state index in [1.807, 2.05) is 9.80 Å². The molecule has 0 aromatic carbocycles. The fraction of sp³-hybridized carbons (Fsp3) is 0.706. The molecule has 3 saturated heterocycles. The number of hydrogen-bond donors (Lipinski definition) is 0. The van der Waals surface area contributed by atoms with Crippen LogP contribution >= 0.6 is 0 Å². The number of carbonyl (C=O) groups is 1. The molecular weight excluding hydrogens is 325 g/mol. The monoisotopic (exact) mass is 349 g/mol. The summed E-state index contributed by atoms with van der Waals surface area (Å²) in [7, 11) is 2.08. The van der Waals surface area contributed by atoms with Crippen molar-refractivity contribution >= 4 is 11.9 Å². The van der Waals surface area contributed by atoms with Gasteiger partial charge in [-0.05, 0) is 13.5 Å². The molecule has 4 rings (SSSR count). The molecule has 3 aliphatic heterocycles. The number of fused-ring (bicyclic) bond motifs is 1. The molecule has 7 nitrogen and oxygen atoms in total. The van der Waals surface area contributed by atoms with Gasteiger partial charge in [-0.3, -0.25) is 4.79 Å². The van der Waals surface area contributed by atoms with Gasteiger partial charge in [-0.1, -0.05) is 0 Å². The lowest BCUT2D eigenvalue weighted by Crippen LogP contribution is -2.47. The maximum atomic E-state index is 12.9. The van der Waals surface area contributed by atoms with Crippen LogP contribution in [0.2, 0.25) is 0 Å². The van der Waals surface area contributed by atoms with Crippen molar-refractivity contribution < 1.29 is 13.9 Å². The molecule has 8 heteroatoms. The number of rotatable bonds is 3. The van der Waals surface area contributed by atoms with Crippen LogP contribution in [0.25, 0.3) is 0 Å². The molecule has 25 heavy (non-hydrogen) atoms. The molecule has 0 bridgehead atoms. The van der Waals surface area contributed by atoms with E-state index in [9.17, 15) is 9.18 Å². The van der Waals surface area contributed by atoms with E-state index in [1.165, 1.54) is 12.4 Å². The van der Waals surface area contributed by atoms with Crippen LogP contribution in [-0.2, 0) is 9.53 Å². The van der Waals surface area contributed by atoms with Crippen LogP contribution in [0.3, 0.4) is 0 Å². The average molecular weight is 349 g/mol. The second-order valence-electron chi connectivity index (χ2n) is 7.29. The van der Waals surface area contributed by atoms with Gasteiger partial charge in [0.1, 0.15) is 0 Å². The lowest BCUT2D eigenvalue weighted by atomic mass is 10.0. The number of likely N-dealkylation sites (N-methyl/N-ethyl adjacent to an activating group) is 1. The molecule has 0 radical (unpaired) electrons. The third-order valence-corrected chi connectivity index (χ3v) is 5.46. The third kappa shape index (κ3) is 3.59. The number of halogens is 1. The number of amides is 1. The Bertz CT molecular complexity index is 606. The minimum absolute atomic E-state index is 0.0124.